The normalized spacial score (nSPS) is 19.2. The summed E-state index contributed by atoms with van der Waals surface area (Å²) in [5, 5.41) is 12.7. The number of amides is 1. The molecule has 1 heterocycles. The van der Waals surface area contributed by atoms with Gasteiger partial charge in [0.05, 0.1) is 31.4 Å². The number of morpholine rings is 1. The van der Waals surface area contributed by atoms with Crippen molar-refractivity contribution in [3.8, 4) is 0 Å². The predicted molar refractivity (Wildman–Crippen MR) is 77.9 cm³/mol. The van der Waals surface area contributed by atoms with Gasteiger partial charge in [-0.1, -0.05) is 12.1 Å². The molecule has 0 aromatic heterocycles. The Morgan fingerprint density at radius 3 is 2.95 bits per heavy atom. The molecule has 0 spiro atoms. The van der Waals surface area contributed by atoms with Crippen molar-refractivity contribution in [3.63, 3.8) is 0 Å². The number of para-hydroxylation sites is 1. The number of nitrogens with one attached hydrogen (secondary N) is 1. The molecule has 1 aromatic carbocycles. The molecule has 1 aromatic rings. The highest BCUT2D eigenvalue weighted by Crippen LogP contribution is 2.20. The second-order valence-corrected chi connectivity index (χ2v) is 5.25. The van der Waals surface area contributed by atoms with Gasteiger partial charge in [-0.3, -0.25) is 4.79 Å². The van der Waals surface area contributed by atoms with Gasteiger partial charge in [-0.25, -0.2) is 0 Å². The average Bonchev–Trinajstić information content (AvgIpc) is 2.46. The lowest BCUT2D eigenvalue weighted by Gasteiger charge is -2.35. The highest BCUT2D eigenvalue weighted by atomic mass is 16.5. The highest BCUT2D eigenvalue weighted by molar-refractivity contribution is 5.99. The number of aliphatic hydroxyl groups is 1. The second kappa shape index (κ2) is 6.72. The van der Waals surface area contributed by atoms with Gasteiger partial charge in [0.2, 0.25) is 0 Å². The first kappa shape index (κ1) is 14.8. The van der Waals surface area contributed by atoms with E-state index in [9.17, 15) is 9.90 Å². The number of hydrogen-bond donors (Lipinski definition) is 2. The Kier molecular flexibility index (Phi) is 4.98. The van der Waals surface area contributed by atoms with Gasteiger partial charge >= 0.3 is 0 Å². The van der Waals surface area contributed by atoms with E-state index in [1.165, 1.54) is 0 Å². The van der Waals surface area contributed by atoms with E-state index in [1.807, 2.05) is 38.1 Å². The molecule has 1 amide bonds. The molecule has 1 fully saturated rings. The summed E-state index contributed by atoms with van der Waals surface area (Å²) in [6.07, 6.45) is 0. The van der Waals surface area contributed by atoms with Crippen LogP contribution in [0.5, 0.6) is 0 Å². The number of rotatable bonds is 4. The van der Waals surface area contributed by atoms with E-state index in [4.69, 9.17) is 4.74 Å². The van der Waals surface area contributed by atoms with Crippen molar-refractivity contribution in [2.45, 2.75) is 25.9 Å². The van der Waals surface area contributed by atoms with Gasteiger partial charge in [-0.05, 0) is 26.0 Å². The first-order chi connectivity index (χ1) is 9.63. The van der Waals surface area contributed by atoms with E-state index in [2.05, 4.69) is 5.32 Å². The van der Waals surface area contributed by atoms with Crippen LogP contribution in [-0.2, 0) is 4.74 Å². The standard InChI is InChI=1S/C15H22N2O3/c1-11(2)16-14-6-4-3-5-13(14)15(19)17-7-8-20-10-12(17)9-18/h3-6,11-12,16,18H,7-10H2,1-2H3. The van der Waals surface area contributed by atoms with Crippen LogP contribution in [0.15, 0.2) is 24.3 Å². The lowest BCUT2D eigenvalue weighted by Crippen LogP contribution is -2.50. The van der Waals surface area contributed by atoms with Crippen LogP contribution in [0.3, 0.4) is 0 Å². The molecule has 0 aliphatic carbocycles. The van der Waals surface area contributed by atoms with Crippen molar-refractivity contribution in [2.24, 2.45) is 0 Å². The fraction of sp³-hybridized carbons (Fsp3) is 0.533. The lowest BCUT2D eigenvalue weighted by atomic mass is 10.1. The number of benzene rings is 1. The van der Waals surface area contributed by atoms with Gasteiger partial charge in [-0.2, -0.15) is 0 Å². The largest absolute Gasteiger partial charge is 0.394 e. The van der Waals surface area contributed by atoms with Gasteiger partial charge in [0.15, 0.2) is 0 Å². The third kappa shape index (κ3) is 3.29. The molecule has 1 atom stereocenters. The Balaban J connectivity index is 2.23. The monoisotopic (exact) mass is 278 g/mol. The van der Waals surface area contributed by atoms with E-state index in [-0.39, 0.29) is 24.6 Å². The van der Waals surface area contributed by atoms with Crippen molar-refractivity contribution >= 4 is 11.6 Å². The van der Waals surface area contributed by atoms with Crippen LogP contribution in [0.4, 0.5) is 5.69 Å². The number of hydrogen-bond acceptors (Lipinski definition) is 4. The fourth-order valence-corrected chi connectivity index (χ4v) is 2.33. The number of anilines is 1. The molecule has 110 valence electrons. The Morgan fingerprint density at radius 2 is 2.25 bits per heavy atom. The smallest absolute Gasteiger partial charge is 0.256 e. The van der Waals surface area contributed by atoms with Crippen LogP contribution in [0, 0.1) is 0 Å². The van der Waals surface area contributed by atoms with Crippen LogP contribution >= 0.6 is 0 Å². The minimum atomic E-state index is -0.261. The van der Waals surface area contributed by atoms with Crippen LogP contribution < -0.4 is 5.32 Å². The molecule has 1 saturated heterocycles. The quantitative estimate of drug-likeness (QED) is 0.872. The van der Waals surface area contributed by atoms with Gasteiger partial charge in [0, 0.05) is 18.3 Å². The maximum absolute atomic E-state index is 12.7. The Bertz CT molecular complexity index is 462. The molecule has 1 unspecified atom stereocenters. The van der Waals surface area contributed by atoms with Crippen molar-refractivity contribution in [1.82, 2.24) is 4.90 Å². The Morgan fingerprint density at radius 1 is 1.50 bits per heavy atom. The third-order valence-corrected chi connectivity index (χ3v) is 3.30. The van der Waals surface area contributed by atoms with E-state index < -0.39 is 0 Å². The summed E-state index contributed by atoms with van der Waals surface area (Å²) in [6.45, 7) is 5.41. The highest BCUT2D eigenvalue weighted by Gasteiger charge is 2.28. The van der Waals surface area contributed by atoms with Crippen LogP contribution in [0.1, 0.15) is 24.2 Å². The number of carbonyl (C=O) groups is 1. The Hall–Kier alpha value is -1.59. The summed E-state index contributed by atoms with van der Waals surface area (Å²) in [6, 6.07) is 7.47. The first-order valence-electron chi connectivity index (χ1n) is 6.98. The Labute approximate surface area is 119 Å². The van der Waals surface area contributed by atoms with Crippen LogP contribution in [0.25, 0.3) is 0 Å². The number of nitrogens with zero attached hydrogens (tertiary/aromatic N) is 1. The lowest BCUT2D eigenvalue weighted by molar-refractivity contribution is -0.0183. The zero-order valence-corrected chi connectivity index (χ0v) is 12.0. The van der Waals surface area contributed by atoms with Crippen molar-refractivity contribution < 1.29 is 14.6 Å². The summed E-state index contributed by atoms with van der Waals surface area (Å²) >= 11 is 0. The molecule has 20 heavy (non-hydrogen) atoms. The molecule has 0 radical (unpaired) electrons. The second-order valence-electron chi connectivity index (χ2n) is 5.25. The summed E-state index contributed by atoms with van der Waals surface area (Å²) in [5.74, 6) is -0.0592. The van der Waals surface area contributed by atoms with E-state index in [0.717, 1.165) is 5.69 Å². The van der Waals surface area contributed by atoms with E-state index in [0.29, 0.717) is 25.3 Å². The maximum Gasteiger partial charge on any atom is 0.256 e. The SMILES string of the molecule is CC(C)Nc1ccccc1C(=O)N1CCOCC1CO. The predicted octanol–water partition coefficient (Wildman–Crippen LogP) is 1.34. The molecular weight excluding hydrogens is 256 g/mol. The minimum Gasteiger partial charge on any atom is -0.394 e. The molecule has 5 heteroatoms. The molecule has 2 N–H and O–H groups in total. The maximum atomic E-state index is 12.7. The molecule has 5 nitrogen and oxygen atoms in total. The topological polar surface area (TPSA) is 61.8 Å². The summed E-state index contributed by atoms with van der Waals surface area (Å²) in [7, 11) is 0. The molecule has 1 aliphatic rings. The van der Waals surface area contributed by atoms with Crippen LogP contribution in [0.2, 0.25) is 0 Å². The summed E-state index contributed by atoms with van der Waals surface area (Å²) in [4.78, 5) is 14.4. The number of carbonyl (C=O) groups excluding carboxylic acids is 1. The van der Waals surface area contributed by atoms with Gasteiger partial charge < -0.3 is 20.1 Å². The van der Waals surface area contributed by atoms with Gasteiger partial charge in [-0.15, -0.1) is 0 Å². The summed E-state index contributed by atoms with van der Waals surface area (Å²) in [5.41, 5.74) is 1.47. The van der Waals surface area contributed by atoms with E-state index >= 15 is 0 Å². The van der Waals surface area contributed by atoms with Crippen LogP contribution in [-0.4, -0.2) is 54.4 Å². The third-order valence-electron chi connectivity index (χ3n) is 3.30. The molecular formula is C15H22N2O3. The summed E-state index contributed by atoms with van der Waals surface area (Å²) < 4.78 is 5.31. The van der Waals surface area contributed by atoms with Crippen molar-refractivity contribution in [2.75, 3.05) is 31.7 Å². The molecule has 0 bridgehead atoms. The molecule has 1 aliphatic heterocycles. The average molecular weight is 278 g/mol. The number of aliphatic hydroxyl groups excluding tert-OH is 1. The minimum absolute atomic E-state index is 0.0592. The fourth-order valence-electron chi connectivity index (χ4n) is 2.33. The zero-order chi connectivity index (χ0) is 14.5. The molecule has 0 saturated carbocycles. The van der Waals surface area contributed by atoms with E-state index in [1.54, 1.807) is 4.90 Å². The zero-order valence-electron chi connectivity index (χ0n) is 12.0. The van der Waals surface area contributed by atoms with Crippen molar-refractivity contribution in [1.29, 1.82) is 0 Å². The first-order valence-corrected chi connectivity index (χ1v) is 6.98. The van der Waals surface area contributed by atoms with Crippen molar-refractivity contribution in [3.05, 3.63) is 29.8 Å². The number of ether oxygens (including phenoxy) is 1. The molecule has 2 rings (SSSR count). The van der Waals surface area contributed by atoms with Gasteiger partial charge in [0.25, 0.3) is 5.91 Å². The van der Waals surface area contributed by atoms with Gasteiger partial charge in [0.1, 0.15) is 0 Å².